The molecule has 1 aromatic rings. The number of halogens is 1. The number of ether oxygens (including phenoxy) is 4. The van der Waals surface area contributed by atoms with Gasteiger partial charge in [0, 0.05) is 0 Å². The number of Topliss-reactive ketones (excluding diaryl/α,β-unsaturated/α-hetero) is 1. The molecule has 0 saturated carbocycles. The first-order valence-corrected chi connectivity index (χ1v) is 6.77. The molecule has 7 heteroatoms. The quantitative estimate of drug-likeness (QED) is 0.472. The molecule has 0 atom stereocenters. The Morgan fingerprint density at radius 3 is 2.70 bits per heavy atom. The van der Waals surface area contributed by atoms with E-state index in [9.17, 15) is 9.59 Å². The van der Waals surface area contributed by atoms with Crippen LogP contribution in [-0.2, 0) is 9.53 Å². The SMILES string of the molecule is CCOC(=O)C(=O)c1cc2c(c(Br)c1OC)OCCO2. The van der Waals surface area contributed by atoms with E-state index in [1.165, 1.54) is 13.2 Å². The lowest BCUT2D eigenvalue weighted by Gasteiger charge is -2.22. The first-order valence-electron chi connectivity index (χ1n) is 5.97. The molecule has 20 heavy (non-hydrogen) atoms. The van der Waals surface area contributed by atoms with Gasteiger partial charge in [0.1, 0.15) is 23.4 Å². The Kier molecular flexibility index (Phi) is 4.49. The summed E-state index contributed by atoms with van der Waals surface area (Å²) >= 11 is 3.30. The zero-order valence-corrected chi connectivity index (χ0v) is 12.6. The summed E-state index contributed by atoms with van der Waals surface area (Å²) in [6.07, 6.45) is 0. The van der Waals surface area contributed by atoms with Gasteiger partial charge >= 0.3 is 5.97 Å². The minimum absolute atomic E-state index is 0.0714. The van der Waals surface area contributed by atoms with Crippen molar-refractivity contribution >= 4 is 27.7 Å². The molecule has 2 rings (SSSR count). The summed E-state index contributed by atoms with van der Waals surface area (Å²) in [5, 5.41) is 0. The van der Waals surface area contributed by atoms with E-state index in [1.54, 1.807) is 6.92 Å². The van der Waals surface area contributed by atoms with Crippen LogP contribution in [0.3, 0.4) is 0 Å². The highest BCUT2D eigenvalue weighted by Crippen LogP contribution is 2.45. The van der Waals surface area contributed by atoms with Crippen molar-refractivity contribution < 1.29 is 28.5 Å². The number of hydrogen-bond acceptors (Lipinski definition) is 6. The highest BCUT2D eigenvalue weighted by molar-refractivity contribution is 9.10. The van der Waals surface area contributed by atoms with Crippen LogP contribution in [-0.4, -0.2) is 38.7 Å². The van der Waals surface area contributed by atoms with E-state index in [1.807, 2.05) is 0 Å². The minimum atomic E-state index is -0.936. The van der Waals surface area contributed by atoms with Gasteiger partial charge in [0.05, 0.1) is 19.3 Å². The van der Waals surface area contributed by atoms with Crippen LogP contribution in [0.5, 0.6) is 17.2 Å². The molecule has 0 N–H and O–H groups in total. The van der Waals surface area contributed by atoms with E-state index in [-0.39, 0.29) is 17.9 Å². The molecule has 0 bridgehead atoms. The lowest BCUT2D eigenvalue weighted by Crippen LogP contribution is -2.21. The summed E-state index contributed by atoms with van der Waals surface area (Å²) < 4.78 is 21.2. The van der Waals surface area contributed by atoms with E-state index in [4.69, 9.17) is 18.9 Å². The van der Waals surface area contributed by atoms with Crippen molar-refractivity contribution in [2.75, 3.05) is 26.9 Å². The molecule has 0 aliphatic carbocycles. The van der Waals surface area contributed by atoms with Gasteiger partial charge in [-0.3, -0.25) is 4.79 Å². The van der Waals surface area contributed by atoms with Crippen LogP contribution >= 0.6 is 15.9 Å². The van der Waals surface area contributed by atoms with E-state index in [2.05, 4.69) is 15.9 Å². The first-order chi connectivity index (χ1) is 9.60. The fraction of sp³-hybridized carbons (Fsp3) is 0.385. The fourth-order valence-electron chi connectivity index (χ4n) is 1.80. The number of carbonyl (C=O) groups excluding carboxylic acids is 2. The van der Waals surface area contributed by atoms with Gasteiger partial charge in [-0.2, -0.15) is 0 Å². The fourth-order valence-corrected chi connectivity index (χ4v) is 2.49. The zero-order chi connectivity index (χ0) is 14.7. The minimum Gasteiger partial charge on any atom is -0.495 e. The maximum Gasteiger partial charge on any atom is 0.379 e. The predicted octanol–water partition coefficient (Wildman–Crippen LogP) is 1.97. The number of hydrogen-bond donors (Lipinski definition) is 0. The molecule has 0 amide bonds. The van der Waals surface area contributed by atoms with Crippen molar-refractivity contribution in [2.45, 2.75) is 6.92 Å². The summed E-state index contributed by atoms with van der Waals surface area (Å²) in [6.45, 7) is 2.53. The van der Waals surface area contributed by atoms with Gasteiger partial charge in [-0.1, -0.05) is 0 Å². The number of benzene rings is 1. The molecule has 1 aromatic carbocycles. The summed E-state index contributed by atoms with van der Waals surface area (Å²) in [5.41, 5.74) is 0.0714. The highest BCUT2D eigenvalue weighted by atomic mass is 79.9. The van der Waals surface area contributed by atoms with Crippen molar-refractivity contribution in [3.05, 3.63) is 16.1 Å². The van der Waals surface area contributed by atoms with Crippen LogP contribution in [0.4, 0.5) is 0 Å². The maximum atomic E-state index is 12.1. The average molecular weight is 345 g/mol. The second-order valence-corrected chi connectivity index (χ2v) is 4.64. The van der Waals surface area contributed by atoms with Gasteiger partial charge in [-0.05, 0) is 28.9 Å². The van der Waals surface area contributed by atoms with E-state index < -0.39 is 11.8 Å². The largest absolute Gasteiger partial charge is 0.495 e. The monoisotopic (exact) mass is 344 g/mol. The Labute approximate surface area is 124 Å². The molecule has 0 radical (unpaired) electrons. The third kappa shape index (κ3) is 2.58. The number of ketones is 1. The first kappa shape index (κ1) is 14.6. The van der Waals surface area contributed by atoms with Crippen molar-refractivity contribution in [3.8, 4) is 17.2 Å². The molecular formula is C13H13BrO6. The summed E-state index contributed by atoms with van der Waals surface area (Å²) in [6, 6.07) is 1.43. The molecule has 1 aliphatic heterocycles. The Bertz CT molecular complexity index is 554. The van der Waals surface area contributed by atoms with Crippen molar-refractivity contribution in [3.63, 3.8) is 0 Å². The molecule has 1 aliphatic rings. The van der Waals surface area contributed by atoms with Crippen LogP contribution < -0.4 is 14.2 Å². The zero-order valence-electron chi connectivity index (χ0n) is 11.0. The third-order valence-electron chi connectivity index (χ3n) is 2.64. The topological polar surface area (TPSA) is 71.1 Å². The van der Waals surface area contributed by atoms with E-state index in [0.717, 1.165) is 0 Å². The number of fused-ring (bicyclic) bond motifs is 1. The van der Waals surface area contributed by atoms with E-state index in [0.29, 0.717) is 29.2 Å². The standard InChI is InChI=1S/C13H13BrO6/c1-3-18-13(16)10(15)7-6-8-12(20-5-4-19-8)9(14)11(7)17-2/h6H,3-5H2,1-2H3. The average Bonchev–Trinajstić information content (AvgIpc) is 2.46. The molecular weight excluding hydrogens is 332 g/mol. The van der Waals surface area contributed by atoms with Crippen LogP contribution in [0.25, 0.3) is 0 Å². The van der Waals surface area contributed by atoms with Gasteiger partial charge in [-0.15, -0.1) is 0 Å². The Balaban J connectivity index is 2.49. The van der Waals surface area contributed by atoms with Crippen LogP contribution in [0, 0.1) is 0 Å². The summed E-state index contributed by atoms with van der Waals surface area (Å²) in [4.78, 5) is 23.7. The number of rotatable bonds is 4. The second kappa shape index (κ2) is 6.13. The van der Waals surface area contributed by atoms with Crippen molar-refractivity contribution in [2.24, 2.45) is 0 Å². The molecule has 6 nitrogen and oxygen atoms in total. The van der Waals surface area contributed by atoms with Gasteiger partial charge < -0.3 is 18.9 Å². The third-order valence-corrected chi connectivity index (χ3v) is 3.36. The van der Waals surface area contributed by atoms with Gasteiger partial charge in [0.2, 0.25) is 0 Å². The summed E-state index contributed by atoms with van der Waals surface area (Å²) in [5.74, 6) is -0.673. The molecule has 1 heterocycles. The van der Waals surface area contributed by atoms with Gasteiger partial charge in [0.15, 0.2) is 11.5 Å². The van der Waals surface area contributed by atoms with Crippen molar-refractivity contribution in [1.29, 1.82) is 0 Å². The smallest absolute Gasteiger partial charge is 0.379 e. The predicted molar refractivity (Wildman–Crippen MR) is 72.6 cm³/mol. The summed E-state index contributed by atoms with van der Waals surface area (Å²) in [7, 11) is 1.40. The molecule has 0 aromatic heterocycles. The molecule has 0 fully saturated rings. The lowest BCUT2D eigenvalue weighted by atomic mass is 10.1. The molecule has 0 saturated heterocycles. The van der Waals surface area contributed by atoms with Crippen LogP contribution in [0.15, 0.2) is 10.5 Å². The molecule has 108 valence electrons. The van der Waals surface area contributed by atoms with E-state index >= 15 is 0 Å². The highest BCUT2D eigenvalue weighted by Gasteiger charge is 2.29. The Hall–Kier alpha value is -1.76. The number of carbonyl (C=O) groups is 2. The van der Waals surface area contributed by atoms with Gasteiger partial charge in [0.25, 0.3) is 5.78 Å². The molecule has 0 unspecified atom stereocenters. The van der Waals surface area contributed by atoms with Crippen LogP contribution in [0.1, 0.15) is 17.3 Å². The number of esters is 1. The maximum absolute atomic E-state index is 12.1. The second-order valence-electron chi connectivity index (χ2n) is 3.85. The molecule has 0 spiro atoms. The van der Waals surface area contributed by atoms with Crippen LogP contribution in [0.2, 0.25) is 0 Å². The normalized spacial score (nSPS) is 12.8. The Morgan fingerprint density at radius 1 is 1.35 bits per heavy atom. The van der Waals surface area contributed by atoms with Crippen molar-refractivity contribution in [1.82, 2.24) is 0 Å². The Morgan fingerprint density at radius 2 is 2.05 bits per heavy atom. The van der Waals surface area contributed by atoms with Gasteiger partial charge in [-0.25, -0.2) is 4.79 Å². The number of methoxy groups -OCH3 is 1. The lowest BCUT2D eigenvalue weighted by molar-refractivity contribution is -0.137.